The molecule has 2 aliphatic rings. The Hall–Kier alpha value is -0.830. The van der Waals surface area contributed by atoms with E-state index in [0.29, 0.717) is 0 Å². The highest BCUT2D eigenvalue weighted by molar-refractivity contribution is 4.89. The second kappa shape index (κ2) is 7.98. The van der Waals surface area contributed by atoms with E-state index in [1.54, 1.807) is 0 Å². The summed E-state index contributed by atoms with van der Waals surface area (Å²) in [6.07, 6.45) is 19.2. The van der Waals surface area contributed by atoms with E-state index in [-0.39, 0.29) is 0 Å². The minimum Gasteiger partial charge on any atom is -0.349 e. The Kier molecular flexibility index (Phi) is 5.73. The first-order chi connectivity index (χ1) is 10.4. The van der Waals surface area contributed by atoms with Gasteiger partial charge in [0.2, 0.25) is 0 Å². The highest BCUT2D eigenvalue weighted by atomic mass is 14.9. The van der Waals surface area contributed by atoms with E-state index in [4.69, 9.17) is 0 Å². The van der Waals surface area contributed by atoms with Crippen LogP contribution in [0.5, 0.6) is 0 Å². The van der Waals surface area contributed by atoms with Gasteiger partial charge in [-0.1, -0.05) is 44.9 Å². The third-order valence-electron chi connectivity index (χ3n) is 5.63. The van der Waals surface area contributed by atoms with Crippen LogP contribution in [0.15, 0.2) is 12.4 Å². The summed E-state index contributed by atoms with van der Waals surface area (Å²) >= 11 is 0. The van der Waals surface area contributed by atoms with Crippen LogP contribution in [0.1, 0.15) is 70.0 Å². The Morgan fingerprint density at radius 1 is 1.05 bits per heavy atom. The molecule has 0 bridgehead atoms. The molecule has 0 aliphatic heterocycles. The van der Waals surface area contributed by atoms with Gasteiger partial charge in [-0.2, -0.15) is 0 Å². The van der Waals surface area contributed by atoms with Crippen LogP contribution in [0.25, 0.3) is 0 Å². The summed E-state index contributed by atoms with van der Waals surface area (Å²) in [6.45, 7) is 1.15. The van der Waals surface area contributed by atoms with E-state index in [9.17, 15) is 0 Å². The molecule has 1 heterocycles. The molecule has 2 saturated carbocycles. The van der Waals surface area contributed by atoms with Crippen molar-refractivity contribution in [2.45, 2.75) is 76.7 Å². The van der Waals surface area contributed by atoms with Gasteiger partial charge >= 0.3 is 0 Å². The Balaban J connectivity index is 1.43. The van der Waals surface area contributed by atoms with Gasteiger partial charge in [0.25, 0.3) is 0 Å². The number of aromatic nitrogens is 2. The average Bonchev–Trinajstić information content (AvgIpc) is 3.06. The van der Waals surface area contributed by atoms with Gasteiger partial charge in [-0.3, -0.25) is 0 Å². The lowest BCUT2D eigenvalue weighted by Gasteiger charge is -2.39. The molecule has 1 aromatic heterocycles. The number of H-pyrrole nitrogens is 1. The first kappa shape index (κ1) is 15.1. The number of nitrogens with one attached hydrogen (secondary N) is 2. The van der Waals surface area contributed by atoms with Gasteiger partial charge < -0.3 is 10.3 Å². The Bertz CT molecular complexity index is 381. The molecule has 2 unspecified atom stereocenters. The largest absolute Gasteiger partial charge is 0.349 e. The highest BCUT2D eigenvalue weighted by Crippen LogP contribution is 2.38. The smallest absolute Gasteiger partial charge is 0.106 e. The second-order valence-electron chi connectivity index (χ2n) is 7.05. The fraction of sp³-hybridized carbons (Fsp3) is 0.833. The summed E-state index contributed by atoms with van der Waals surface area (Å²) in [7, 11) is 0. The summed E-state index contributed by atoms with van der Waals surface area (Å²) in [5.41, 5.74) is 0. The van der Waals surface area contributed by atoms with Crippen molar-refractivity contribution in [1.29, 1.82) is 0 Å². The quantitative estimate of drug-likeness (QED) is 0.775. The van der Waals surface area contributed by atoms with Crippen LogP contribution in [0.2, 0.25) is 0 Å². The second-order valence-corrected chi connectivity index (χ2v) is 7.05. The lowest BCUT2D eigenvalue weighted by Crippen LogP contribution is -2.42. The third kappa shape index (κ3) is 4.32. The number of rotatable bonds is 6. The van der Waals surface area contributed by atoms with Crippen LogP contribution in [-0.4, -0.2) is 22.6 Å². The Morgan fingerprint density at radius 2 is 1.86 bits per heavy atom. The SMILES string of the molecule is c1c[nH]c(CCCNC2CCCCC2C2CCCCC2)n1. The van der Waals surface area contributed by atoms with Gasteiger partial charge in [0.1, 0.15) is 5.82 Å². The van der Waals surface area contributed by atoms with Crippen molar-refractivity contribution in [3.8, 4) is 0 Å². The number of hydrogen-bond acceptors (Lipinski definition) is 2. The fourth-order valence-electron chi connectivity index (χ4n) is 4.52. The van der Waals surface area contributed by atoms with Gasteiger partial charge in [-0.05, 0) is 37.6 Å². The first-order valence-electron chi connectivity index (χ1n) is 9.15. The van der Waals surface area contributed by atoms with Crippen LogP contribution < -0.4 is 5.32 Å². The Labute approximate surface area is 129 Å². The molecule has 0 radical (unpaired) electrons. The van der Waals surface area contributed by atoms with E-state index in [2.05, 4.69) is 15.3 Å². The zero-order chi connectivity index (χ0) is 14.3. The standard InChI is InChI=1S/C18H31N3/c1-2-7-15(8-3-1)16-9-4-5-10-17(16)19-12-6-11-18-20-13-14-21-18/h13-17,19H,1-12H2,(H,20,21). The zero-order valence-corrected chi connectivity index (χ0v) is 13.3. The maximum absolute atomic E-state index is 4.31. The molecule has 0 saturated heterocycles. The molecule has 0 amide bonds. The lowest BCUT2D eigenvalue weighted by atomic mass is 9.71. The van der Waals surface area contributed by atoms with Crippen molar-refractivity contribution >= 4 is 0 Å². The Morgan fingerprint density at radius 3 is 2.67 bits per heavy atom. The van der Waals surface area contributed by atoms with Crippen LogP contribution in [0.3, 0.4) is 0 Å². The monoisotopic (exact) mass is 289 g/mol. The summed E-state index contributed by atoms with van der Waals surface area (Å²) in [4.78, 5) is 7.50. The van der Waals surface area contributed by atoms with Crippen LogP contribution in [0.4, 0.5) is 0 Å². The van der Waals surface area contributed by atoms with Crippen molar-refractivity contribution < 1.29 is 0 Å². The predicted molar refractivity (Wildman–Crippen MR) is 87.2 cm³/mol. The molecule has 2 fully saturated rings. The summed E-state index contributed by atoms with van der Waals surface area (Å²) in [6, 6.07) is 0.790. The number of hydrogen-bond donors (Lipinski definition) is 2. The summed E-state index contributed by atoms with van der Waals surface area (Å²) in [5, 5.41) is 3.89. The van der Waals surface area contributed by atoms with Gasteiger partial charge in [0.15, 0.2) is 0 Å². The molecule has 0 spiro atoms. The summed E-state index contributed by atoms with van der Waals surface area (Å²) in [5.74, 6) is 3.11. The third-order valence-corrected chi connectivity index (χ3v) is 5.63. The molecule has 2 aliphatic carbocycles. The molecule has 2 N–H and O–H groups in total. The molecule has 1 aromatic rings. The highest BCUT2D eigenvalue weighted by Gasteiger charge is 2.31. The van der Waals surface area contributed by atoms with E-state index in [1.165, 1.54) is 64.2 Å². The van der Waals surface area contributed by atoms with Crippen LogP contribution >= 0.6 is 0 Å². The molecule has 2 atom stereocenters. The van der Waals surface area contributed by atoms with E-state index >= 15 is 0 Å². The number of aromatic amines is 1. The van der Waals surface area contributed by atoms with E-state index in [1.807, 2.05) is 12.4 Å². The van der Waals surface area contributed by atoms with E-state index < -0.39 is 0 Å². The molecule has 0 aromatic carbocycles. The molecule has 3 rings (SSSR count). The van der Waals surface area contributed by atoms with Gasteiger partial charge in [0.05, 0.1) is 0 Å². The van der Waals surface area contributed by atoms with Crippen molar-refractivity contribution in [3.63, 3.8) is 0 Å². The van der Waals surface area contributed by atoms with Crippen LogP contribution in [0, 0.1) is 11.8 Å². The number of aryl methyl sites for hydroxylation is 1. The predicted octanol–water partition coefficient (Wildman–Crippen LogP) is 4.07. The maximum Gasteiger partial charge on any atom is 0.106 e. The first-order valence-corrected chi connectivity index (χ1v) is 9.15. The molecule has 118 valence electrons. The van der Waals surface area contributed by atoms with Gasteiger partial charge in [0, 0.05) is 24.9 Å². The van der Waals surface area contributed by atoms with E-state index in [0.717, 1.165) is 36.7 Å². The minimum absolute atomic E-state index is 0.790. The van der Waals surface area contributed by atoms with Crippen molar-refractivity contribution in [3.05, 3.63) is 18.2 Å². The number of nitrogens with zero attached hydrogens (tertiary/aromatic N) is 1. The van der Waals surface area contributed by atoms with Crippen molar-refractivity contribution in [2.75, 3.05) is 6.54 Å². The van der Waals surface area contributed by atoms with Crippen LogP contribution in [-0.2, 0) is 6.42 Å². The number of imidazole rings is 1. The van der Waals surface area contributed by atoms with Gasteiger partial charge in [-0.25, -0.2) is 4.98 Å². The maximum atomic E-state index is 4.31. The molecular weight excluding hydrogens is 258 g/mol. The molecule has 21 heavy (non-hydrogen) atoms. The fourth-order valence-corrected chi connectivity index (χ4v) is 4.52. The molecule has 3 heteroatoms. The van der Waals surface area contributed by atoms with Gasteiger partial charge in [-0.15, -0.1) is 0 Å². The van der Waals surface area contributed by atoms with Crippen molar-refractivity contribution in [1.82, 2.24) is 15.3 Å². The summed E-state index contributed by atoms with van der Waals surface area (Å²) < 4.78 is 0. The zero-order valence-electron chi connectivity index (χ0n) is 13.3. The lowest BCUT2D eigenvalue weighted by molar-refractivity contribution is 0.150. The molecular formula is C18H31N3. The normalized spacial score (nSPS) is 27.8. The average molecular weight is 289 g/mol. The van der Waals surface area contributed by atoms with Crippen molar-refractivity contribution in [2.24, 2.45) is 11.8 Å². The molecule has 3 nitrogen and oxygen atoms in total. The topological polar surface area (TPSA) is 40.7 Å². The minimum atomic E-state index is 0.790.